The van der Waals surface area contributed by atoms with Crippen molar-refractivity contribution in [2.45, 2.75) is 45.1 Å². The van der Waals surface area contributed by atoms with Crippen molar-refractivity contribution in [3.63, 3.8) is 0 Å². The second-order valence-electron chi connectivity index (χ2n) is 6.55. The first-order valence-corrected chi connectivity index (χ1v) is 7.62. The Balaban J connectivity index is 1.75. The van der Waals surface area contributed by atoms with Crippen molar-refractivity contribution in [3.05, 3.63) is 48.6 Å². The molecule has 1 aromatic rings. The summed E-state index contributed by atoms with van der Waals surface area (Å²) >= 11 is 0. The lowest BCUT2D eigenvalue weighted by molar-refractivity contribution is -0.154. The van der Waals surface area contributed by atoms with Crippen LogP contribution in [0.25, 0.3) is 0 Å². The van der Waals surface area contributed by atoms with Gasteiger partial charge in [-0.25, -0.2) is 0 Å². The van der Waals surface area contributed by atoms with Gasteiger partial charge in [0.1, 0.15) is 5.60 Å². The molecule has 1 aliphatic heterocycles. The van der Waals surface area contributed by atoms with Crippen molar-refractivity contribution in [3.8, 4) is 0 Å². The van der Waals surface area contributed by atoms with Crippen molar-refractivity contribution in [2.75, 3.05) is 13.2 Å². The molecule has 0 N–H and O–H groups in total. The first kappa shape index (κ1) is 16.7. The topological polar surface area (TPSA) is 38.5 Å². The highest BCUT2D eigenvalue weighted by atomic mass is 16.6. The number of esters is 1. The lowest BCUT2D eigenvalue weighted by atomic mass is 10.2. The van der Waals surface area contributed by atoms with Gasteiger partial charge in [0.25, 0.3) is 0 Å². The first-order chi connectivity index (χ1) is 10.4. The number of rotatable bonds is 7. The summed E-state index contributed by atoms with van der Waals surface area (Å²) in [4.78, 5) is 13.9. The fraction of sp³-hybridized carbons (Fsp3) is 0.500. The Labute approximate surface area is 132 Å². The minimum absolute atomic E-state index is 0.197. The van der Waals surface area contributed by atoms with Crippen LogP contribution < -0.4 is 0 Å². The molecule has 0 radical (unpaired) electrons. The van der Waals surface area contributed by atoms with Crippen LogP contribution in [0.5, 0.6) is 0 Å². The zero-order valence-electron chi connectivity index (χ0n) is 13.6. The molecular formula is C18H25NO3. The largest absolute Gasteiger partial charge is 0.459 e. The molecule has 1 saturated heterocycles. The SMILES string of the molecule is C=CC1C(COCc2ccccc2)N1CC(=O)OC(C)(C)C. The van der Waals surface area contributed by atoms with Gasteiger partial charge in [-0.3, -0.25) is 9.69 Å². The van der Waals surface area contributed by atoms with Crippen LogP contribution in [0.1, 0.15) is 26.3 Å². The van der Waals surface area contributed by atoms with Gasteiger partial charge in [0.2, 0.25) is 0 Å². The van der Waals surface area contributed by atoms with Crippen molar-refractivity contribution >= 4 is 5.97 Å². The van der Waals surface area contributed by atoms with Gasteiger partial charge >= 0.3 is 5.97 Å². The lowest BCUT2D eigenvalue weighted by Crippen LogP contribution is -2.29. The Morgan fingerprint density at radius 1 is 1.32 bits per heavy atom. The van der Waals surface area contributed by atoms with E-state index in [1.807, 2.05) is 62.1 Å². The van der Waals surface area contributed by atoms with Gasteiger partial charge in [-0.2, -0.15) is 0 Å². The van der Waals surface area contributed by atoms with Crippen LogP contribution >= 0.6 is 0 Å². The second-order valence-corrected chi connectivity index (χ2v) is 6.55. The summed E-state index contributed by atoms with van der Waals surface area (Å²) in [5.41, 5.74) is 0.702. The predicted octanol–water partition coefficient (Wildman–Crippen LogP) is 2.78. The molecule has 3 unspecified atom stereocenters. The Morgan fingerprint density at radius 3 is 2.59 bits per heavy atom. The molecule has 1 aliphatic rings. The average molecular weight is 303 g/mol. The highest BCUT2D eigenvalue weighted by Gasteiger charge is 2.46. The van der Waals surface area contributed by atoms with E-state index in [4.69, 9.17) is 9.47 Å². The molecule has 120 valence electrons. The standard InChI is InChI=1S/C18H25NO3/c1-5-15-16(13-21-12-14-9-7-6-8-10-14)19(15)11-17(20)22-18(2,3)4/h5-10,15-16H,1,11-13H2,2-4H3. The molecule has 0 saturated carbocycles. The molecule has 2 rings (SSSR count). The number of hydrogen-bond acceptors (Lipinski definition) is 4. The number of nitrogens with zero attached hydrogens (tertiary/aromatic N) is 1. The summed E-state index contributed by atoms with van der Waals surface area (Å²) in [6.45, 7) is 10.9. The molecule has 22 heavy (non-hydrogen) atoms. The van der Waals surface area contributed by atoms with Gasteiger partial charge in [0.05, 0.1) is 25.8 Å². The normalized spacial score (nSPS) is 23.9. The number of benzene rings is 1. The van der Waals surface area contributed by atoms with Crippen LogP contribution in [-0.2, 0) is 20.9 Å². The molecule has 0 aliphatic carbocycles. The van der Waals surface area contributed by atoms with Crippen molar-refractivity contribution in [1.82, 2.24) is 4.90 Å². The van der Waals surface area contributed by atoms with Crippen LogP contribution in [0.4, 0.5) is 0 Å². The molecule has 0 aromatic heterocycles. The molecule has 3 atom stereocenters. The monoisotopic (exact) mass is 303 g/mol. The predicted molar refractivity (Wildman–Crippen MR) is 86.4 cm³/mol. The average Bonchev–Trinajstić information content (AvgIpc) is 3.09. The van der Waals surface area contributed by atoms with Gasteiger partial charge in [0, 0.05) is 6.04 Å². The zero-order chi connectivity index (χ0) is 16.2. The fourth-order valence-electron chi connectivity index (χ4n) is 2.46. The maximum atomic E-state index is 11.9. The lowest BCUT2D eigenvalue weighted by Gasteiger charge is -2.19. The Kier molecular flexibility index (Phi) is 5.37. The van der Waals surface area contributed by atoms with Crippen molar-refractivity contribution in [2.24, 2.45) is 0 Å². The van der Waals surface area contributed by atoms with E-state index in [2.05, 4.69) is 6.58 Å². The maximum Gasteiger partial charge on any atom is 0.320 e. The molecule has 1 fully saturated rings. The van der Waals surface area contributed by atoms with Gasteiger partial charge in [-0.1, -0.05) is 36.4 Å². The number of carbonyl (C=O) groups is 1. The second kappa shape index (κ2) is 7.07. The zero-order valence-corrected chi connectivity index (χ0v) is 13.6. The van der Waals surface area contributed by atoms with E-state index in [0.717, 1.165) is 5.56 Å². The third kappa shape index (κ3) is 4.97. The van der Waals surface area contributed by atoms with E-state index in [9.17, 15) is 4.79 Å². The molecule has 1 heterocycles. The summed E-state index contributed by atoms with van der Waals surface area (Å²) in [6, 6.07) is 10.5. The smallest absolute Gasteiger partial charge is 0.320 e. The van der Waals surface area contributed by atoms with E-state index in [0.29, 0.717) is 13.2 Å². The summed E-state index contributed by atoms with van der Waals surface area (Å²) in [6.07, 6.45) is 1.86. The first-order valence-electron chi connectivity index (χ1n) is 7.62. The Hall–Kier alpha value is -1.65. The van der Waals surface area contributed by atoms with Crippen LogP contribution in [0.3, 0.4) is 0 Å². The summed E-state index contributed by atoms with van der Waals surface area (Å²) < 4.78 is 11.1. The minimum atomic E-state index is -0.448. The fourth-order valence-corrected chi connectivity index (χ4v) is 2.46. The molecule has 1 aromatic carbocycles. The van der Waals surface area contributed by atoms with E-state index in [-0.39, 0.29) is 24.6 Å². The quantitative estimate of drug-likeness (QED) is 0.441. The summed E-state index contributed by atoms with van der Waals surface area (Å²) in [5.74, 6) is -0.204. The summed E-state index contributed by atoms with van der Waals surface area (Å²) in [7, 11) is 0. The molecule has 0 spiro atoms. The minimum Gasteiger partial charge on any atom is -0.459 e. The third-order valence-corrected chi connectivity index (χ3v) is 3.49. The highest BCUT2D eigenvalue weighted by molar-refractivity contribution is 5.72. The van der Waals surface area contributed by atoms with Crippen molar-refractivity contribution in [1.29, 1.82) is 0 Å². The van der Waals surface area contributed by atoms with Gasteiger partial charge < -0.3 is 9.47 Å². The van der Waals surface area contributed by atoms with Gasteiger partial charge in [0.15, 0.2) is 0 Å². The Morgan fingerprint density at radius 2 is 2.00 bits per heavy atom. The third-order valence-electron chi connectivity index (χ3n) is 3.49. The molecule has 0 amide bonds. The number of ether oxygens (including phenoxy) is 2. The maximum absolute atomic E-state index is 11.9. The van der Waals surface area contributed by atoms with Crippen molar-refractivity contribution < 1.29 is 14.3 Å². The number of hydrogen-bond donors (Lipinski definition) is 0. The van der Waals surface area contributed by atoms with E-state index in [1.165, 1.54) is 0 Å². The summed E-state index contributed by atoms with van der Waals surface area (Å²) in [5, 5.41) is 0. The van der Waals surface area contributed by atoms with Crippen LogP contribution in [0, 0.1) is 0 Å². The highest BCUT2D eigenvalue weighted by Crippen LogP contribution is 2.29. The molecule has 0 bridgehead atoms. The van der Waals surface area contributed by atoms with Crippen LogP contribution in [0.2, 0.25) is 0 Å². The number of carbonyl (C=O) groups excluding carboxylic acids is 1. The Bertz CT molecular complexity index is 507. The molecule has 4 heteroatoms. The molecular weight excluding hydrogens is 278 g/mol. The van der Waals surface area contributed by atoms with Gasteiger partial charge in [-0.15, -0.1) is 6.58 Å². The van der Waals surface area contributed by atoms with Crippen LogP contribution in [-0.4, -0.2) is 41.7 Å². The van der Waals surface area contributed by atoms with E-state index < -0.39 is 5.60 Å². The van der Waals surface area contributed by atoms with E-state index in [1.54, 1.807) is 0 Å². The van der Waals surface area contributed by atoms with Gasteiger partial charge in [-0.05, 0) is 26.3 Å². The molecule has 4 nitrogen and oxygen atoms in total. The van der Waals surface area contributed by atoms with Crippen LogP contribution in [0.15, 0.2) is 43.0 Å². The van der Waals surface area contributed by atoms with E-state index >= 15 is 0 Å².